The number of rotatable bonds is 5. The number of aryl methyl sites for hydroxylation is 1. The first-order chi connectivity index (χ1) is 9.69. The highest BCUT2D eigenvalue weighted by Crippen LogP contribution is 2.16. The van der Waals surface area contributed by atoms with Gasteiger partial charge in [-0.05, 0) is 30.7 Å². The Balaban J connectivity index is 0.00000220. The number of aromatic nitrogens is 2. The van der Waals surface area contributed by atoms with E-state index in [0.29, 0.717) is 30.6 Å². The molecule has 0 aliphatic heterocycles. The van der Waals surface area contributed by atoms with Crippen LogP contribution in [0, 0.1) is 5.82 Å². The average molecular weight is 405 g/mol. The van der Waals surface area contributed by atoms with E-state index < -0.39 is 0 Å². The van der Waals surface area contributed by atoms with Crippen molar-refractivity contribution >= 4 is 29.9 Å². The molecule has 1 heterocycles. The lowest BCUT2D eigenvalue weighted by Crippen LogP contribution is -2.32. The molecule has 0 fully saturated rings. The first-order valence-corrected chi connectivity index (χ1v) is 6.23. The highest BCUT2D eigenvalue weighted by molar-refractivity contribution is 14.0. The maximum absolute atomic E-state index is 12.8. The highest BCUT2D eigenvalue weighted by Gasteiger charge is 2.08. The molecule has 1 aromatic heterocycles. The second kappa shape index (κ2) is 8.55. The molecular formula is C13H17FIN5O. The van der Waals surface area contributed by atoms with Gasteiger partial charge in [0, 0.05) is 25.6 Å². The summed E-state index contributed by atoms with van der Waals surface area (Å²) in [4.78, 5) is 8.04. The predicted octanol–water partition coefficient (Wildman–Crippen LogP) is 1.96. The largest absolute Gasteiger partial charge is 0.370 e. The van der Waals surface area contributed by atoms with Crippen LogP contribution in [0.25, 0.3) is 11.4 Å². The lowest BCUT2D eigenvalue weighted by molar-refractivity contribution is 0.376. The van der Waals surface area contributed by atoms with Crippen molar-refractivity contribution in [1.29, 1.82) is 0 Å². The summed E-state index contributed by atoms with van der Waals surface area (Å²) in [6.07, 6.45) is 1.43. The number of hydrogen-bond acceptors (Lipinski definition) is 4. The van der Waals surface area contributed by atoms with Crippen molar-refractivity contribution in [1.82, 2.24) is 15.5 Å². The molecule has 0 bridgehead atoms. The van der Waals surface area contributed by atoms with E-state index in [1.54, 1.807) is 19.2 Å². The molecule has 114 valence electrons. The number of halogens is 2. The van der Waals surface area contributed by atoms with E-state index in [-0.39, 0.29) is 29.8 Å². The number of nitrogens with zero attached hydrogens (tertiary/aromatic N) is 3. The van der Waals surface area contributed by atoms with E-state index in [9.17, 15) is 4.39 Å². The Labute approximate surface area is 139 Å². The Kier molecular flexibility index (Phi) is 7.06. The van der Waals surface area contributed by atoms with E-state index in [1.807, 2.05) is 0 Å². The van der Waals surface area contributed by atoms with Crippen LogP contribution in [0.4, 0.5) is 4.39 Å². The van der Waals surface area contributed by atoms with Crippen LogP contribution in [0.2, 0.25) is 0 Å². The third kappa shape index (κ3) is 5.29. The molecule has 0 aliphatic rings. The van der Waals surface area contributed by atoms with Gasteiger partial charge in [0.25, 0.3) is 0 Å². The zero-order valence-electron chi connectivity index (χ0n) is 11.5. The van der Waals surface area contributed by atoms with E-state index in [4.69, 9.17) is 10.3 Å². The third-order valence-corrected chi connectivity index (χ3v) is 2.68. The fourth-order valence-electron chi connectivity index (χ4n) is 1.61. The first-order valence-electron chi connectivity index (χ1n) is 6.23. The summed E-state index contributed by atoms with van der Waals surface area (Å²) >= 11 is 0. The second-order valence-corrected chi connectivity index (χ2v) is 4.16. The van der Waals surface area contributed by atoms with Gasteiger partial charge in [0.05, 0.1) is 0 Å². The second-order valence-electron chi connectivity index (χ2n) is 4.16. The summed E-state index contributed by atoms with van der Waals surface area (Å²) in [5, 5.41) is 6.81. The maximum atomic E-state index is 12.8. The highest BCUT2D eigenvalue weighted by atomic mass is 127. The molecule has 0 spiro atoms. The average Bonchev–Trinajstić information content (AvgIpc) is 2.93. The summed E-state index contributed by atoms with van der Waals surface area (Å²) in [6, 6.07) is 5.96. The minimum Gasteiger partial charge on any atom is -0.370 e. The first kappa shape index (κ1) is 17.3. The van der Waals surface area contributed by atoms with E-state index in [0.717, 1.165) is 12.0 Å². The predicted molar refractivity (Wildman–Crippen MR) is 89.0 cm³/mol. The topological polar surface area (TPSA) is 89.3 Å². The van der Waals surface area contributed by atoms with Gasteiger partial charge in [-0.3, -0.25) is 4.99 Å². The van der Waals surface area contributed by atoms with Crippen molar-refractivity contribution in [2.45, 2.75) is 12.8 Å². The monoisotopic (exact) mass is 405 g/mol. The van der Waals surface area contributed by atoms with Crippen LogP contribution in [-0.4, -0.2) is 29.7 Å². The number of aliphatic imine (C=N–C) groups is 1. The number of guanidine groups is 1. The molecule has 0 atom stereocenters. The Morgan fingerprint density at radius 1 is 1.38 bits per heavy atom. The number of nitrogens with two attached hydrogens (primary N) is 1. The Morgan fingerprint density at radius 3 is 2.76 bits per heavy atom. The van der Waals surface area contributed by atoms with Gasteiger partial charge >= 0.3 is 0 Å². The molecule has 8 heteroatoms. The van der Waals surface area contributed by atoms with Crippen molar-refractivity contribution in [2.75, 3.05) is 13.6 Å². The minimum atomic E-state index is -0.293. The molecule has 6 nitrogen and oxygen atoms in total. The normalized spacial score (nSPS) is 11.0. The molecule has 0 radical (unpaired) electrons. The van der Waals surface area contributed by atoms with Gasteiger partial charge < -0.3 is 15.6 Å². The molecule has 0 unspecified atom stereocenters. The minimum absolute atomic E-state index is 0. The van der Waals surface area contributed by atoms with Gasteiger partial charge in [-0.15, -0.1) is 24.0 Å². The molecule has 0 saturated carbocycles. The van der Waals surface area contributed by atoms with Crippen molar-refractivity contribution in [2.24, 2.45) is 10.7 Å². The number of hydrogen-bond donors (Lipinski definition) is 2. The number of benzene rings is 1. The fraction of sp³-hybridized carbons (Fsp3) is 0.308. The van der Waals surface area contributed by atoms with Gasteiger partial charge in [-0.1, -0.05) is 5.16 Å². The van der Waals surface area contributed by atoms with Crippen molar-refractivity contribution in [3.8, 4) is 11.4 Å². The summed E-state index contributed by atoms with van der Waals surface area (Å²) in [5.74, 6) is 1.11. The molecule has 0 amide bonds. The molecule has 0 aliphatic carbocycles. The van der Waals surface area contributed by atoms with E-state index >= 15 is 0 Å². The molecule has 2 aromatic rings. The molecule has 3 N–H and O–H groups in total. The van der Waals surface area contributed by atoms with Crippen molar-refractivity contribution in [3.63, 3.8) is 0 Å². The summed E-state index contributed by atoms with van der Waals surface area (Å²) in [5.41, 5.74) is 6.23. The standard InChI is InChI=1S/C13H16FN5O.HI/c1-16-13(15)17-8-2-3-11-18-12(19-20-11)9-4-6-10(14)7-5-9;/h4-7H,2-3,8H2,1H3,(H3,15,16,17);1H. The molecular weight excluding hydrogens is 388 g/mol. The van der Waals surface area contributed by atoms with Gasteiger partial charge in [0.2, 0.25) is 11.7 Å². The summed E-state index contributed by atoms with van der Waals surface area (Å²) in [7, 11) is 1.62. The molecule has 2 rings (SSSR count). The zero-order chi connectivity index (χ0) is 14.4. The van der Waals surface area contributed by atoms with Crippen LogP contribution in [-0.2, 0) is 6.42 Å². The van der Waals surface area contributed by atoms with Crippen LogP contribution in [0.3, 0.4) is 0 Å². The van der Waals surface area contributed by atoms with Gasteiger partial charge in [-0.25, -0.2) is 4.39 Å². The number of nitrogens with one attached hydrogen (secondary N) is 1. The van der Waals surface area contributed by atoms with Crippen LogP contribution in [0.1, 0.15) is 12.3 Å². The van der Waals surface area contributed by atoms with Crippen molar-refractivity contribution in [3.05, 3.63) is 36.0 Å². The lowest BCUT2D eigenvalue weighted by Gasteiger charge is -2.01. The smallest absolute Gasteiger partial charge is 0.227 e. The third-order valence-electron chi connectivity index (χ3n) is 2.68. The maximum Gasteiger partial charge on any atom is 0.227 e. The lowest BCUT2D eigenvalue weighted by atomic mass is 10.2. The SMILES string of the molecule is CN=C(N)NCCCc1nc(-c2ccc(F)cc2)no1.I. The van der Waals surface area contributed by atoms with Crippen LogP contribution < -0.4 is 11.1 Å². The Morgan fingerprint density at radius 2 is 2.10 bits per heavy atom. The van der Waals surface area contributed by atoms with Gasteiger partial charge in [-0.2, -0.15) is 4.98 Å². The van der Waals surface area contributed by atoms with Crippen LogP contribution >= 0.6 is 24.0 Å². The van der Waals surface area contributed by atoms with Crippen LogP contribution in [0.5, 0.6) is 0 Å². The molecule has 0 saturated heterocycles. The van der Waals surface area contributed by atoms with Crippen molar-refractivity contribution < 1.29 is 8.91 Å². The Hall–Kier alpha value is -1.71. The fourth-order valence-corrected chi connectivity index (χ4v) is 1.61. The molecule has 1 aromatic carbocycles. The molecule has 21 heavy (non-hydrogen) atoms. The summed E-state index contributed by atoms with van der Waals surface area (Å²) in [6.45, 7) is 0.678. The van der Waals surface area contributed by atoms with Gasteiger partial charge in [0.1, 0.15) is 5.82 Å². The Bertz CT molecular complexity index is 585. The summed E-state index contributed by atoms with van der Waals surface area (Å²) < 4.78 is 18.0. The van der Waals surface area contributed by atoms with Crippen LogP contribution in [0.15, 0.2) is 33.8 Å². The van der Waals surface area contributed by atoms with E-state index in [2.05, 4.69) is 20.4 Å². The van der Waals surface area contributed by atoms with Gasteiger partial charge in [0.15, 0.2) is 5.96 Å². The zero-order valence-corrected chi connectivity index (χ0v) is 13.9. The quantitative estimate of drug-likeness (QED) is 0.344. The van der Waals surface area contributed by atoms with E-state index in [1.165, 1.54) is 12.1 Å².